The number of carboxylic acids is 1. The van der Waals surface area contributed by atoms with E-state index in [1.165, 1.54) is 0 Å². The minimum absolute atomic E-state index is 0.0217. The highest BCUT2D eigenvalue weighted by Crippen LogP contribution is 2.21. The number of aliphatic hydroxyl groups is 6. The molecule has 2 heterocycles. The molecular formula is C57H94N22O26. The van der Waals surface area contributed by atoms with E-state index in [4.69, 9.17) is 39.2 Å². The minimum atomic E-state index is -2.01. The fourth-order valence-corrected chi connectivity index (χ4v) is 10.1. The number of guanidine groups is 1. The van der Waals surface area contributed by atoms with E-state index in [0.717, 1.165) is 23.6 Å². The Morgan fingerprint density at radius 2 is 0.838 bits per heavy atom. The standard InChI is InChI=1S/C57H94N22O26/c1-24(84)43(76-42(92)19-65-46(94)31(21-81)75-45(93)26(58)20-80)52(100)67-18-40(90)70-32(22-82)49(97)77-44(25(2)85)53(101)68-17-39(89)69-29(14-37(60)87)48(96)72-27(9-10-36(59)86)47(95)74-30(15-38(61)88)54(102)78-12-4-7-34(78)50(98)66-16-41(91)71-33(23-83)55(103)79-13-5-8-35(79)51(99)73-28(56(104)105)6-3-11-64-57(62)63/h24-35,43-44,80-85H,3-23,58H2,1-2H3,(H2,59,86)(H2,60,87)(H2,61,88)(H,65,94)(H,66,98)(H,67,100)(H,68,101)(H,69,89)(H,70,90)(H,71,91)(H,72,96)(H,73,99)(H,74,95)(H,75,93)(H,76,92)(H,77,97)(H,104,105)(H4,62,63,64)/t24-,25-,26+,27+,28+,29+,30+,31+,32+,33+,34+,35+,43+,44+/m1/s1. The van der Waals surface area contributed by atoms with Crippen LogP contribution < -0.4 is 103 Å². The van der Waals surface area contributed by atoms with E-state index in [-0.39, 0.29) is 64.1 Å². The van der Waals surface area contributed by atoms with Gasteiger partial charge in [0.1, 0.15) is 72.5 Å². The van der Waals surface area contributed by atoms with Crippen molar-refractivity contribution in [1.82, 2.24) is 84.2 Å². The summed E-state index contributed by atoms with van der Waals surface area (Å²) in [6.07, 6.45) is -6.18. The molecule has 32 N–H and O–H groups in total. The van der Waals surface area contributed by atoms with Gasteiger partial charge in [-0.25, -0.2) is 4.79 Å². The summed E-state index contributed by atoms with van der Waals surface area (Å²) in [6, 6.07) is -20.3. The number of amides is 18. The van der Waals surface area contributed by atoms with E-state index in [9.17, 15) is 122 Å². The summed E-state index contributed by atoms with van der Waals surface area (Å²) in [6.45, 7) is -5.86. The lowest BCUT2D eigenvalue weighted by Gasteiger charge is -2.30. The molecule has 0 aromatic heterocycles. The molecule has 588 valence electrons. The predicted molar refractivity (Wildman–Crippen MR) is 351 cm³/mol. The zero-order chi connectivity index (χ0) is 79.5. The fraction of sp³-hybridized carbons (Fsp3) is 0.649. The Kier molecular flexibility index (Phi) is 38.7. The maximum Gasteiger partial charge on any atom is 0.326 e. The molecule has 14 atom stereocenters. The number of carbonyl (C=O) groups excluding carboxylic acids is 18. The third kappa shape index (κ3) is 31.2. The van der Waals surface area contributed by atoms with Crippen LogP contribution in [0.3, 0.4) is 0 Å². The largest absolute Gasteiger partial charge is 0.480 e. The summed E-state index contributed by atoms with van der Waals surface area (Å²) >= 11 is 0. The number of likely N-dealkylation sites (tertiary alicyclic amines) is 2. The number of carboxylic acid groups (broad SMARTS) is 1. The maximum absolute atomic E-state index is 14.2. The molecule has 0 aliphatic carbocycles. The topological polar surface area (TPSA) is 795 Å². The summed E-state index contributed by atoms with van der Waals surface area (Å²) in [7, 11) is 0. The van der Waals surface area contributed by atoms with Gasteiger partial charge in [-0.3, -0.25) is 91.7 Å². The van der Waals surface area contributed by atoms with Crippen molar-refractivity contribution in [2.45, 2.75) is 163 Å². The number of nitrogens with one attached hydrogen (secondary N) is 15. The number of hydrogen-bond donors (Lipinski definition) is 27. The lowest BCUT2D eigenvalue weighted by atomic mass is 10.1. The molecule has 0 radical (unpaired) electrons. The number of nitrogens with two attached hydrogens (primary N) is 5. The zero-order valence-electron chi connectivity index (χ0n) is 57.1. The molecule has 2 saturated heterocycles. The van der Waals surface area contributed by atoms with Crippen LogP contribution in [0.4, 0.5) is 0 Å². The van der Waals surface area contributed by atoms with E-state index in [1.54, 1.807) is 0 Å². The number of primary amides is 3. The summed E-state index contributed by atoms with van der Waals surface area (Å²) in [5, 5.41) is 106. The average Bonchev–Trinajstić information content (AvgIpc) is 1.75. The molecule has 2 fully saturated rings. The molecule has 48 heteroatoms. The first kappa shape index (κ1) is 90.0. The first-order valence-corrected chi connectivity index (χ1v) is 32.4. The van der Waals surface area contributed by atoms with Crippen molar-refractivity contribution in [1.29, 1.82) is 5.41 Å². The maximum atomic E-state index is 14.2. The fourth-order valence-electron chi connectivity index (χ4n) is 10.1. The number of aliphatic carboxylic acids is 1. The van der Waals surface area contributed by atoms with Gasteiger partial charge in [0, 0.05) is 26.1 Å². The quantitative estimate of drug-likeness (QED) is 0.0153. The molecule has 0 aromatic carbocycles. The lowest BCUT2D eigenvalue weighted by Crippen LogP contribution is -2.60. The van der Waals surface area contributed by atoms with Crippen molar-refractivity contribution in [3.8, 4) is 0 Å². The van der Waals surface area contributed by atoms with Gasteiger partial charge in [-0.1, -0.05) is 0 Å². The summed E-state index contributed by atoms with van der Waals surface area (Å²) in [4.78, 5) is 248. The van der Waals surface area contributed by atoms with Crippen molar-refractivity contribution in [2.24, 2.45) is 28.7 Å². The molecule has 0 saturated carbocycles. The van der Waals surface area contributed by atoms with Gasteiger partial charge in [0.05, 0.1) is 77.7 Å². The van der Waals surface area contributed by atoms with Crippen LogP contribution in [0.2, 0.25) is 0 Å². The highest BCUT2D eigenvalue weighted by molar-refractivity contribution is 6.01. The Balaban J connectivity index is 2.12. The van der Waals surface area contributed by atoms with Gasteiger partial charge in [0.25, 0.3) is 0 Å². The van der Waals surface area contributed by atoms with Gasteiger partial charge in [0.2, 0.25) is 106 Å². The molecule has 2 rings (SSSR count). The molecule has 105 heavy (non-hydrogen) atoms. The van der Waals surface area contributed by atoms with E-state index in [1.807, 2.05) is 31.9 Å². The highest BCUT2D eigenvalue weighted by atomic mass is 16.4. The van der Waals surface area contributed by atoms with Gasteiger partial charge in [-0.05, 0) is 58.8 Å². The van der Waals surface area contributed by atoms with Crippen molar-refractivity contribution >= 4 is 118 Å². The molecule has 0 spiro atoms. The minimum Gasteiger partial charge on any atom is -0.480 e. The van der Waals surface area contributed by atoms with Crippen LogP contribution in [-0.2, 0) is 91.1 Å². The van der Waals surface area contributed by atoms with Crippen LogP contribution in [0.15, 0.2) is 0 Å². The zero-order valence-corrected chi connectivity index (χ0v) is 57.1. The third-order valence-electron chi connectivity index (χ3n) is 15.5. The van der Waals surface area contributed by atoms with Crippen molar-refractivity contribution < 1.29 is 127 Å². The summed E-state index contributed by atoms with van der Waals surface area (Å²) < 4.78 is 0. The van der Waals surface area contributed by atoms with Crippen molar-refractivity contribution in [2.75, 3.05) is 72.2 Å². The molecule has 48 nitrogen and oxygen atoms in total. The van der Waals surface area contributed by atoms with E-state index < -0.39 is 275 Å². The Bertz CT molecular complexity index is 3180. The Morgan fingerprint density at radius 1 is 0.429 bits per heavy atom. The summed E-state index contributed by atoms with van der Waals surface area (Å²) in [5.41, 5.74) is 26.7. The van der Waals surface area contributed by atoms with E-state index >= 15 is 0 Å². The second kappa shape index (κ2) is 45.1. The number of nitrogens with zero attached hydrogens (tertiary/aromatic N) is 2. The molecule has 18 amide bonds. The smallest absolute Gasteiger partial charge is 0.326 e. The van der Waals surface area contributed by atoms with Gasteiger partial charge in [-0.2, -0.15) is 0 Å². The van der Waals surface area contributed by atoms with Crippen LogP contribution in [0.25, 0.3) is 0 Å². The number of aliphatic hydroxyl groups excluding tert-OH is 6. The molecular weight excluding hydrogens is 1410 g/mol. The lowest BCUT2D eigenvalue weighted by molar-refractivity contribution is -0.145. The van der Waals surface area contributed by atoms with Gasteiger partial charge < -0.3 is 149 Å². The molecule has 0 unspecified atom stereocenters. The van der Waals surface area contributed by atoms with Gasteiger partial charge in [0.15, 0.2) is 5.96 Å². The average molecular weight is 1500 g/mol. The van der Waals surface area contributed by atoms with Crippen LogP contribution in [0.1, 0.15) is 78.1 Å². The molecule has 0 bridgehead atoms. The first-order valence-electron chi connectivity index (χ1n) is 32.4. The van der Waals surface area contributed by atoms with Crippen molar-refractivity contribution in [3.63, 3.8) is 0 Å². The predicted octanol–water partition coefficient (Wildman–Crippen LogP) is -17.8. The van der Waals surface area contributed by atoms with Crippen LogP contribution in [0, 0.1) is 5.41 Å². The number of rotatable bonds is 46. The Hall–Kier alpha value is -11.1. The second-order valence-corrected chi connectivity index (χ2v) is 23.9. The van der Waals surface area contributed by atoms with Crippen LogP contribution >= 0.6 is 0 Å². The van der Waals surface area contributed by atoms with Crippen molar-refractivity contribution in [3.05, 3.63) is 0 Å². The molecule has 2 aliphatic heterocycles. The second-order valence-electron chi connectivity index (χ2n) is 23.9. The number of hydrogen-bond acceptors (Lipinski definition) is 27. The van der Waals surface area contributed by atoms with Gasteiger partial charge in [-0.15, -0.1) is 0 Å². The number of carbonyl (C=O) groups is 19. The Labute approximate surface area is 596 Å². The Morgan fingerprint density at radius 3 is 1.31 bits per heavy atom. The van der Waals surface area contributed by atoms with Gasteiger partial charge >= 0.3 is 5.97 Å². The van der Waals surface area contributed by atoms with Crippen LogP contribution in [-0.4, -0.2) is 321 Å². The van der Waals surface area contributed by atoms with E-state index in [0.29, 0.717) is 0 Å². The first-order chi connectivity index (χ1) is 49.3. The van der Waals surface area contributed by atoms with E-state index in [2.05, 4.69) is 42.5 Å². The normalized spacial score (nSPS) is 17.2. The monoisotopic (exact) mass is 1500 g/mol. The highest BCUT2D eigenvalue weighted by Gasteiger charge is 2.42. The third-order valence-corrected chi connectivity index (χ3v) is 15.5. The molecule has 2 aliphatic rings. The summed E-state index contributed by atoms with van der Waals surface area (Å²) in [5.74, 6) is -22.4. The molecule has 0 aromatic rings. The van der Waals surface area contributed by atoms with Crippen LogP contribution in [0.5, 0.6) is 0 Å². The SMILES string of the molecule is C[C@@H](O)[C@H](NC(=O)CNC(=O)[C@H](CO)NC(=O)[C@@H](N)CO)C(=O)NCC(=O)N[C@@H](CO)C(=O)N[C@H](C(=O)NCC(=O)N[C@@H](CC(N)=O)C(=O)N[C@@H](CCC(N)=O)C(=O)N[C@@H](CC(N)=O)C(=O)N1CCC[C@H]1C(=O)NCC(=O)N[C@@H](CO)C(=O)N1CCC[C@H]1C(=O)N[C@@H](CCCNC(=N)N)C(=O)O)[C@@H](C)O.